The Morgan fingerprint density at radius 2 is 1.66 bits per heavy atom. The van der Waals surface area contributed by atoms with Crippen LogP contribution in [0.4, 0.5) is 20.2 Å². The van der Waals surface area contributed by atoms with E-state index in [4.69, 9.17) is 11.6 Å². The Hall–Kier alpha value is -2.71. The summed E-state index contributed by atoms with van der Waals surface area (Å²) in [5.41, 5.74) is 1.23. The molecule has 1 fully saturated rings. The summed E-state index contributed by atoms with van der Waals surface area (Å²) in [5, 5.41) is 4.81. The molecule has 0 radical (unpaired) electrons. The maximum Gasteiger partial charge on any atom is 0.313 e. The summed E-state index contributed by atoms with van der Waals surface area (Å²) in [6.45, 7) is 4.13. The predicted molar refractivity (Wildman–Crippen MR) is 108 cm³/mol. The van der Waals surface area contributed by atoms with Crippen LogP contribution in [0, 0.1) is 11.6 Å². The van der Waals surface area contributed by atoms with Crippen molar-refractivity contribution in [2.45, 2.75) is 0 Å². The van der Waals surface area contributed by atoms with Gasteiger partial charge >= 0.3 is 11.8 Å². The number of piperazine rings is 1. The molecule has 0 saturated carbocycles. The summed E-state index contributed by atoms with van der Waals surface area (Å²) in [5.74, 6) is -2.47. The van der Waals surface area contributed by atoms with Gasteiger partial charge in [0, 0.05) is 50.6 Å². The van der Waals surface area contributed by atoms with Gasteiger partial charge in [-0.2, -0.15) is 0 Å². The first-order valence-electron chi connectivity index (χ1n) is 9.19. The molecular formula is C20H21ClF2N4O2. The number of carbonyl (C=O) groups excluding carboxylic acids is 2. The second-order valence-electron chi connectivity index (χ2n) is 6.64. The molecule has 29 heavy (non-hydrogen) atoms. The molecule has 6 nitrogen and oxygen atoms in total. The van der Waals surface area contributed by atoms with Crippen molar-refractivity contribution in [2.75, 3.05) is 49.5 Å². The first kappa shape index (κ1) is 21.0. The Balaban J connectivity index is 1.37. The minimum absolute atomic E-state index is 0.136. The molecule has 2 aromatic rings. The van der Waals surface area contributed by atoms with Crippen molar-refractivity contribution in [1.82, 2.24) is 10.2 Å². The van der Waals surface area contributed by atoms with Crippen LogP contribution in [0.15, 0.2) is 42.5 Å². The zero-order valence-electron chi connectivity index (χ0n) is 15.6. The van der Waals surface area contributed by atoms with E-state index in [1.165, 1.54) is 24.3 Å². The lowest BCUT2D eigenvalue weighted by Gasteiger charge is -2.36. The van der Waals surface area contributed by atoms with E-state index in [2.05, 4.69) is 20.4 Å². The van der Waals surface area contributed by atoms with Crippen molar-refractivity contribution in [3.63, 3.8) is 0 Å². The highest BCUT2D eigenvalue weighted by Gasteiger charge is 2.18. The van der Waals surface area contributed by atoms with Gasteiger partial charge < -0.3 is 15.5 Å². The number of hydrogen-bond donors (Lipinski definition) is 2. The van der Waals surface area contributed by atoms with E-state index >= 15 is 0 Å². The lowest BCUT2D eigenvalue weighted by molar-refractivity contribution is -0.136. The number of halogens is 3. The highest BCUT2D eigenvalue weighted by molar-refractivity contribution is 6.39. The molecule has 0 unspecified atom stereocenters. The summed E-state index contributed by atoms with van der Waals surface area (Å²) in [6.07, 6.45) is 0. The van der Waals surface area contributed by atoms with Gasteiger partial charge in [0.2, 0.25) is 0 Å². The zero-order chi connectivity index (χ0) is 20.8. The van der Waals surface area contributed by atoms with E-state index in [1.807, 2.05) is 0 Å². The van der Waals surface area contributed by atoms with E-state index < -0.39 is 17.6 Å². The third-order valence-corrected chi connectivity index (χ3v) is 4.95. The maximum absolute atomic E-state index is 13.1. The Kier molecular flexibility index (Phi) is 7.00. The van der Waals surface area contributed by atoms with Crippen molar-refractivity contribution < 1.29 is 18.4 Å². The third kappa shape index (κ3) is 5.88. The molecule has 9 heteroatoms. The Labute approximate surface area is 172 Å². The summed E-state index contributed by atoms with van der Waals surface area (Å²) >= 11 is 5.65. The van der Waals surface area contributed by atoms with Crippen LogP contribution in [0.1, 0.15) is 0 Å². The molecular weight excluding hydrogens is 402 g/mol. The van der Waals surface area contributed by atoms with Crippen LogP contribution in [-0.2, 0) is 9.59 Å². The second-order valence-corrected chi connectivity index (χ2v) is 7.05. The smallest absolute Gasteiger partial charge is 0.313 e. The highest BCUT2D eigenvalue weighted by atomic mass is 35.5. The van der Waals surface area contributed by atoms with Crippen molar-refractivity contribution in [3.05, 3.63) is 59.1 Å². The number of hydrogen-bond acceptors (Lipinski definition) is 4. The topological polar surface area (TPSA) is 64.7 Å². The molecule has 2 aromatic carbocycles. The van der Waals surface area contributed by atoms with Crippen molar-refractivity contribution >= 4 is 34.8 Å². The third-order valence-electron chi connectivity index (χ3n) is 4.66. The average Bonchev–Trinajstić information content (AvgIpc) is 2.72. The highest BCUT2D eigenvalue weighted by Crippen LogP contribution is 2.19. The molecule has 0 bridgehead atoms. The molecule has 154 valence electrons. The predicted octanol–water partition coefficient (Wildman–Crippen LogP) is 2.50. The number of carbonyl (C=O) groups is 2. The first-order valence-corrected chi connectivity index (χ1v) is 9.57. The SMILES string of the molecule is O=C(NCCN1CCN(c2ccc(F)cc2)CC1)C(=O)Nc1ccc(F)c(Cl)c1. The minimum Gasteiger partial charge on any atom is -0.369 e. The summed E-state index contributed by atoms with van der Waals surface area (Å²) < 4.78 is 26.2. The standard InChI is InChI=1S/C20H21ClF2N4O2/c21-17-13-15(3-6-18(17)23)25-20(29)19(28)24-7-8-26-9-11-27(12-10-26)16-4-1-14(22)2-5-16/h1-6,13H,7-12H2,(H,24,28)(H,25,29). The quantitative estimate of drug-likeness (QED) is 0.727. The minimum atomic E-state index is -0.839. The molecule has 1 saturated heterocycles. The molecule has 0 aromatic heterocycles. The second kappa shape index (κ2) is 9.67. The molecule has 0 aliphatic carbocycles. The maximum atomic E-state index is 13.1. The number of benzene rings is 2. The van der Waals surface area contributed by atoms with Crippen LogP contribution in [0.2, 0.25) is 5.02 Å². The van der Waals surface area contributed by atoms with Gasteiger partial charge in [0.25, 0.3) is 0 Å². The molecule has 0 atom stereocenters. The van der Waals surface area contributed by atoms with E-state index in [0.29, 0.717) is 13.1 Å². The van der Waals surface area contributed by atoms with Gasteiger partial charge in [0.1, 0.15) is 11.6 Å². The van der Waals surface area contributed by atoms with Gasteiger partial charge in [-0.25, -0.2) is 8.78 Å². The summed E-state index contributed by atoms with van der Waals surface area (Å²) in [6, 6.07) is 10.1. The Morgan fingerprint density at radius 1 is 0.966 bits per heavy atom. The molecule has 1 aliphatic heterocycles. The lowest BCUT2D eigenvalue weighted by atomic mass is 10.2. The fraction of sp³-hybridized carbons (Fsp3) is 0.300. The van der Waals surface area contributed by atoms with Crippen LogP contribution in [0.25, 0.3) is 0 Å². The first-order chi connectivity index (χ1) is 13.9. The van der Waals surface area contributed by atoms with Gasteiger partial charge in [-0.1, -0.05) is 11.6 Å². The number of anilines is 2. The van der Waals surface area contributed by atoms with Gasteiger partial charge in [-0.15, -0.1) is 0 Å². The van der Waals surface area contributed by atoms with Crippen LogP contribution < -0.4 is 15.5 Å². The lowest BCUT2D eigenvalue weighted by Crippen LogP contribution is -2.49. The Bertz CT molecular complexity index is 871. The van der Waals surface area contributed by atoms with E-state index in [1.54, 1.807) is 12.1 Å². The summed E-state index contributed by atoms with van der Waals surface area (Å²) in [7, 11) is 0. The largest absolute Gasteiger partial charge is 0.369 e. The van der Waals surface area contributed by atoms with Crippen molar-refractivity contribution in [1.29, 1.82) is 0 Å². The number of amides is 2. The number of nitrogens with zero attached hydrogens (tertiary/aromatic N) is 2. The van der Waals surface area contributed by atoms with Gasteiger partial charge in [0.15, 0.2) is 0 Å². The van der Waals surface area contributed by atoms with Crippen LogP contribution >= 0.6 is 11.6 Å². The van der Waals surface area contributed by atoms with Gasteiger partial charge in [0.05, 0.1) is 5.02 Å². The monoisotopic (exact) mass is 422 g/mol. The molecule has 1 heterocycles. The Morgan fingerprint density at radius 3 is 2.31 bits per heavy atom. The fourth-order valence-corrected chi connectivity index (χ4v) is 3.23. The zero-order valence-corrected chi connectivity index (χ0v) is 16.4. The van der Waals surface area contributed by atoms with Crippen molar-refractivity contribution in [2.24, 2.45) is 0 Å². The molecule has 2 N–H and O–H groups in total. The van der Waals surface area contributed by atoms with E-state index in [0.717, 1.165) is 37.9 Å². The molecule has 0 spiro atoms. The number of nitrogens with one attached hydrogen (secondary N) is 2. The normalized spacial score (nSPS) is 14.5. The van der Waals surface area contributed by atoms with Gasteiger partial charge in [-0.3, -0.25) is 14.5 Å². The summed E-state index contributed by atoms with van der Waals surface area (Å²) in [4.78, 5) is 28.2. The average molecular weight is 423 g/mol. The van der Waals surface area contributed by atoms with Crippen LogP contribution in [0.3, 0.4) is 0 Å². The van der Waals surface area contributed by atoms with Gasteiger partial charge in [-0.05, 0) is 42.5 Å². The van der Waals surface area contributed by atoms with E-state index in [-0.39, 0.29) is 16.5 Å². The van der Waals surface area contributed by atoms with E-state index in [9.17, 15) is 18.4 Å². The fourth-order valence-electron chi connectivity index (χ4n) is 3.05. The molecule has 1 aliphatic rings. The van der Waals surface area contributed by atoms with Crippen molar-refractivity contribution in [3.8, 4) is 0 Å². The number of rotatable bonds is 5. The van der Waals surface area contributed by atoms with Crippen LogP contribution in [-0.4, -0.2) is 56.0 Å². The molecule has 2 amide bonds. The molecule has 3 rings (SSSR count). The van der Waals surface area contributed by atoms with Crippen LogP contribution in [0.5, 0.6) is 0 Å².